The Morgan fingerprint density at radius 2 is 2.14 bits per heavy atom. The summed E-state index contributed by atoms with van der Waals surface area (Å²) in [4.78, 5) is 23.2. The first-order valence-corrected chi connectivity index (χ1v) is 6.77. The van der Waals surface area contributed by atoms with Crippen molar-refractivity contribution in [3.8, 4) is 5.88 Å². The third-order valence-electron chi connectivity index (χ3n) is 2.92. The van der Waals surface area contributed by atoms with Gasteiger partial charge in [-0.25, -0.2) is 4.98 Å². The summed E-state index contributed by atoms with van der Waals surface area (Å²) in [6, 6.07) is 5.47. The van der Waals surface area contributed by atoms with Crippen LogP contribution in [0.1, 0.15) is 31.3 Å². The average molecular weight is 303 g/mol. The average Bonchev–Trinajstić information content (AvgIpc) is 2.52. The number of nitro groups is 1. The Morgan fingerprint density at radius 3 is 2.68 bits per heavy atom. The predicted octanol–water partition coefficient (Wildman–Crippen LogP) is 2.52. The molecule has 0 saturated carbocycles. The number of hydrogen-bond donors (Lipinski definition) is 1. The van der Waals surface area contributed by atoms with Crippen LogP contribution in [-0.2, 0) is 6.54 Å². The summed E-state index contributed by atoms with van der Waals surface area (Å²) in [5.74, 6) is 0.578. The van der Waals surface area contributed by atoms with Crippen molar-refractivity contribution in [1.29, 1.82) is 0 Å². The molecule has 2 aromatic heterocycles. The SMILES string of the molecule is COc1nc(C(C)C)nc(NCc2ccccn2)c1[N+](=O)[O-]. The lowest BCUT2D eigenvalue weighted by Gasteiger charge is -2.11. The number of rotatable bonds is 6. The fraction of sp³-hybridized carbons (Fsp3) is 0.357. The molecule has 8 nitrogen and oxygen atoms in total. The highest BCUT2D eigenvalue weighted by molar-refractivity contribution is 5.61. The van der Waals surface area contributed by atoms with Crippen LogP contribution in [0.4, 0.5) is 11.5 Å². The zero-order chi connectivity index (χ0) is 16.1. The van der Waals surface area contributed by atoms with Crippen molar-refractivity contribution in [2.75, 3.05) is 12.4 Å². The Bertz CT molecular complexity index is 661. The zero-order valence-corrected chi connectivity index (χ0v) is 12.6. The van der Waals surface area contributed by atoms with Crippen LogP contribution in [0.3, 0.4) is 0 Å². The molecule has 22 heavy (non-hydrogen) atoms. The van der Waals surface area contributed by atoms with E-state index in [1.165, 1.54) is 7.11 Å². The molecular weight excluding hydrogens is 286 g/mol. The van der Waals surface area contributed by atoms with Crippen molar-refractivity contribution >= 4 is 11.5 Å². The molecule has 0 aliphatic carbocycles. The maximum absolute atomic E-state index is 11.3. The van der Waals surface area contributed by atoms with Crippen LogP contribution >= 0.6 is 0 Å². The van der Waals surface area contributed by atoms with Crippen LogP contribution in [-0.4, -0.2) is 27.0 Å². The van der Waals surface area contributed by atoms with E-state index in [2.05, 4.69) is 20.3 Å². The molecule has 0 atom stereocenters. The lowest BCUT2D eigenvalue weighted by atomic mass is 10.2. The van der Waals surface area contributed by atoms with Crippen molar-refractivity contribution in [2.45, 2.75) is 26.3 Å². The smallest absolute Gasteiger partial charge is 0.372 e. The predicted molar refractivity (Wildman–Crippen MR) is 80.9 cm³/mol. The molecule has 8 heteroatoms. The number of pyridine rings is 1. The summed E-state index contributed by atoms with van der Waals surface area (Å²) in [5.41, 5.74) is 0.475. The highest BCUT2D eigenvalue weighted by Crippen LogP contribution is 2.33. The molecule has 0 radical (unpaired) electrons. The molecule has 0 amide bonds. The highest BCUT2D eigenvalue weighted by Gasteiger charge is 2.26. The first-order valence-electron chi connectivity index (χ1n) is 6.77. The largest absolute Gasteiger partial charge is 0.476 e. The number of methoxy groups -OCH3 is 1. The molecule has 0 saturated heterocycles. The van der Waals surface area contributed by atoms with E-state index in [0.29, 0.717) is 12.4 Å². The van der Waals surface area contributed by atoms with E-state index in [1.807, 2.05) is 26.0 Å². The molecule has 2 rings (SSSR count). The van der Waals surface area contributed by atoms with Gasteiger partial charge in [-0.2, -0.15) is 4.98 Å². The molecule has 0 fully saturated rings. The van der Waals surface area contributed by atoms with Gasteiger partial charge in [0.25, 0.3) is 5.88 Å². The standard InChI is InChI=1S/C14H17N5O3/c1-9(2)12-17-13(11(19(20)21)14(18-12)22-3)16-8-10-6-4-5-7-15-10/h4-7,9H,8H2,1-3H3,(H,16,17,18). The fourth-order valence-corrected chi connectivity index (χ4v) is 1.82. The second-order valence-electron chi connectivity index (χ2n) is 4.87. The monoisotopic (exact) mass is 303 g/mol. The van der Waals surface area contributed by atoms with Crippen LogP contribution in [0.5, 0.6) is 5.88 Å². The van der Waals surface area contributed by atoms with E-state index < -0.39 is 4.92 Å². The molecule has 0 aliphatic rings. The lowest BCUT2D eigenvalue weighted by Crippen LogP contribution is -2.11. The van der Waals surface area contributed by atoms with Gasteiger partial charge in [0.1, 0.15) is 5.82 Å². The maximum Gasteiger partial charge on any atom is 0.372 e. The van der Waals surface area contributed by atoms with E-state index in [1.54, 1.807) is 12.3 Å². The van der Waals surface area contributed by atoms with Gasteiger partial charge in [-0.3, -0.25) is 15.1 Å². The van der Waals surface area contributed by atoms with Gasteiger partial charge in [0.2, 0.25) is 5.82 Å². The number of ether oxygens (including phenoxy) is 1. The Hall–Kier alpha value is -2.77. The van der Waals surface area contributed by atoms with Gasteiger partial charge in [-0.15, -0.1) is 0 Å². The van der Waals surface area contributed by atoms with Crippen LogP contribution in [0.2, 0.25) is 0 Å². The zero-order valence-electron chi connectivity index (χ0n) is 12.6. The minimum atomic E-state index is -0.552. The van der Waals surface area contributed by atoms with Crippen LogP contribution < -0.4 is 10.1 Å². The quantitative estimate of drug-likeness (QED) is 0.646. The number of anilines is 1. The molecule has 0 aromatic carbocycles. The second kappa shape index (κ2) is 6.79. The third-order valence-corrected chi connectivity index (χ3v) is 2.92. The van der Waals surface area contributed by atoms with E-state index in [-0.39, 0.29) is 23.3 Å². The number of hydrogen-bond acceptors (Lipinski definition) is 7. The highest BCUT2D eigenvalue weighted by atomic mass is 16.6. The lowest BCUT2D eigenvalue weighted by molar-refractivity contribution is -0.385. The molecule has 2 aromatic rings. The van der Waals surface area contributed by atoms with Crippen LogP contribution in [0.25, 0.3) is 0 Å². The number of aromatic nitrogens is 3. The topological polar surface area (TPSA) is 103 Å². The Morgan fingerprint density at radius 1 is 1.36 bits per heavy atom. The summed E-state index contributed by atoms with van der Waals surface area (Å²) in [6.07, 6.45) is 1.66. The van der Waals surface area contributed by atoms with Gasteiger partial charge in [0, 0.05) is 12.1 Å². The maximum atomic E-state index is 11.3. The van der Waals surface area contributed by atoms with Crippen LogP contribution in [0.15, 0.2) is 24.4 Å². The Labute approximate surface area is 127 Å². The number of nitrogens with one attached hydrogen (secondary N) is 1. The molecule has 0 aliphatic heterocycles. The van der Waals surface area contributed by atoms with Gasteiger partial charge in [-0.05, 0) is 12.1 Å². The van der Waals surface area contributed by atoms with E-state index in [4.69, 9.17) is 4.74 Å². The van der Waals surface area contributed by atoms with Gasteiger partial charge in [0.05, 0.1) is 24.3 Å². The summed E-state index contributed by atoms with van der Waals surface area (Å²) in [6.45, 7) is 4.13. The summed E-state index contributed by atoms with van der Waals surface area (Å²) in [5, 5.41) is 14.2. The molecule has 116 valence electrons. The first kappa shape index (κ1) is 15.6. The minimum Gasteiger partial charge on any atom is -0.476 e. The van der Waals surface area contributed by atoms with Gasteiger partial charge in [-0.1, -0.05) is 19.9 Å². The molecule has 0 bridgehead atoms. The second-order valence-corrected chi connectivity index (χ2v) is 4.87. The van der Waals surface area contributed by atoms with Crippen molar-refractivity contribution < 1.29 is 9.66 Å². The Kier molecular flexibility index (Phi) is 4.82. The Balaban J connectivity index is 2.38. The van der Waals surface area contributed by atoms with Crippen molar-refractivity contribution in [3.63, 3.8) is 0 Å². The minimum absolute atomic E-state index is 0.0186. The molecule has 2 heterocycles. The molecule has 1 N–H and O–H groups in total. The van der Waals surface area contributed by atoms with Crippen molar-refractivity contribution in [2.24, 2.45) is 0 Å². The summed E-state index contributed by atoms with van der Waals surface area (Å²) < 4.78 is 5.04. The van der Waals surface area contributed by atoms with Crippen molar-refractivity contribution in [1.82, 2.24) is 15.0 Å². The van der Waals surface area contributed by atoms with E-state index in [9.17, 15) is 10.1 Å². The summed E-state index contributed by atoms with van der Waals surface area (Å²) >= 11 is 0. The van der Waals surface area contributed by atoms with Crippen LogP contribution in [0, 0.1) is 10.1 Å². The number of nitrogens with zero attached hydrogens (tertiary/aromatic N) is 4. The van der Waals surface area contributed by atoms with E-state index in [0.717, 1.165) is 5.69 Å². The van der Waals surface area contributed by atoms with Gasteiger partial charge >= 0.3 is 5.69 Å². The molecule has 0 unspecified atom stereocenters. The van der Waals surface area contributed by atoms with Crippen molar-refractivity contribution in [3.05, 3.63) is 46.0 Å². The molecular formula is C14H17N5O3. The first-order chi connectivity index (χ1) is 10.5. The fourth-order valence-electron chi connectivity index (χ4n) is 1.82. The summed E-state index contributed by atoms with van der Waals surface area (Å²) in [7, 11) is 1.35. The molecule has 0 spiro atoms. The van der Waals surface area contributed by atoms with Gasteiger partial charge in [0.15, 0.2) is 0 Å². The van der Waals surface area contributed by atoms with E-state index >= 15 is 0 Å². The third kappa shape index (κ3) is 3.46. The van der Waals surface area contributed by atoms with Gasteiger partial charge < -0.3 is 10.1 Å². The normalized spacial score (nSPS) is 10.5.